The van der Waals surface area contributed by atoms with Gasteiger partial charge in [-0.05, 0) is 43.7 Å². The number of rotatable bonds is 5. The number of hydrogen-bond donors (Lipinski definition) is 2. The van der Waals surface area contributed by atoms with Crippen LogP contribution in [-0.2, 0) is 0 Å². The molecule has 1 heterocycles. The van der Waals surface area contributed by atoms with Gasteiger partial charge in [-0.2, -0.15) is 0 Å². The first kappa shape index (κ1) is 14.0. The van der Waals surface area contributed by atoms with Gasteiger partial charge in [0.25, 0.3) is 5.91 Å². The zero-order chi connectivity index (χ0) is 13.5. The second-order valence-electron chi connectivity index (χ2n) is 5.41. The number of carbonyl (C=O) groups excluding carboxylic acids is 1. The predicted molar refractivity (Wildman–Crippen MR) is 76.0 cm³/mol. The Morgan fingerprint density at radius 1 is 1.32 bits per heavy atom. The molecule has 19 heavy (non-hydrogen) atoms. The fourth-order valence-corrected chi connectivity index (χ4v) is 2.52. The van der Waals surface area contributed by atoms with Gasteiger partial charge in [0.1, 0.15) is 0 Å². The van der Waals surface area contributed by atoms with E-state index in [1.165, 1.54) is 25.7 Å². The highest BCUT2D eigenvalue weighted by Gasteiger charge is 2.17. The number of pyridine rings is 1. The van der Waals surface area contributed by atoms with Crippen LogP contribution in [0.5, 0.6) is 0 Å². The topological polar surface area (TPSA) is 54.0 Å². The number of amides is 1. The third-order valence-corrected chi connectivity index (χ3v) is 3.78. The second kappa shape index (κ2) is 7.24. The van der Waals surface area contributed by atoms with Gasteiger partial charge in [0.15, 0.2) is 0 Å². The molecule has 104 valence electrons. The van der Waals surface area contributed by atoms with Crippen LogP contribution in [0.1, 0.15) is 43.0 Å². The summed E-state index contributed by atoms with van der Waals surface area (Å²) >= 11 is 0. The van der Waals surface area contributed by atoms with Crippen molar-refractivity contribution in [3.05, 3.63) is 30.1 Å². The van der Waals surface area contributed by atoms with E-state index in [1.54, 1.807) is 24.5 Å². The van der Waals surface area contributed by atoms with Gasteiger partial charge in [-0.1, -0.05) is 6.92 Å². The Hall–Kier alpha value is -1.42. The fraction of sp³-hybridized carbons (Fsp3) is 0.600. The van der Waals surface area contributed by atoms with Gasteiger partial charge >= 0.3 is 0 Å². The summed E-state index contributed by atoms with van der Waals surface area (Å²) in [6.07, 6.45) is 8.42. The number of aromatic nitrogens is 1. The fourth-order valence-electron chi connectivity index (χ4n) is 2.52. The van der Waals surface area contributed by atoms with Crippen molar-refractivity contribution >= 4 is 5.91 Å². The minimum absolute atomic E-state index is 0.0489. The van der Waals surface area contributed by atoms with Crippen molar-refractivity contribution in [2.75, 3.05) is 13.1 Å². The first-order chi connectivity index (χ1) is 9.25. The largest absolute Gasteiger partial charge is 0.351 e. The molecule has 1 aromatic rings. The Kier molecular flexibility index (Phi) is 5.33. The Balaban J connectivity index is 1.61. The van der Waals surface area contributed by atoms with Crippen LogP contribution < -0.4 is 10.6 Å². The van der Waals surface area contributed by atoms with Gasteiger partial charge in [0.05, 0.1) is 5.56 Å². The zero-order valence-corrected chi connectivity index (χ0v) is 11.6. The van der Waals surface area contributed by atoms with Crippen molar-refractivity contribution in [2.45, 2.75) is 38.6 Å². The van der Waals surface area contributed by atoms with Crippen LogP contribution in [0, 0.1) is 5.92 Å². The Labute approximate surface area is 115 Å². The SMILES string of the molecule is CC1CCC(NCCNC(=O)c2cccnc2)CC1. The molecule has 0 aromatic carbocycles. The summed E-state index contributed by atoms with van der Waals surface area (Å²) in [6, 6.07) is 4.18. The minimum atomic E-state index is -0.0489. The van der Waals surface area contributed by atoms with Crippen LogP contribution in [0.2, 0.25) is 0 Å². The molecule has 4 heteroatoms. The lowest BCUT2D eigenvalue weighted by atomic mass is 9.87. The van der Waals surface area contributed by atoms with E-state index in [9.17, 15) is 4.79 Å². The lowest BCUT2D eigenvalue weighted by Crippen LogP contribution is -2.38. The van der Waals surface area contributed by atoms with Crippen molar-refractivity contribution in [1.29, 1.82) is 0 Å². The second-order valence-corrected chi connectivity index (χ2v) is 5.41. The molecule has 0 aliphatic heterocycles. The van der Waals surface area contributed by atoms with Gasteiger partial charge in [0, 0.05) is 31.5 Å². The molecule has 1 amide bonds. The number of nitrogens with one attached hydrogen (secondary N) is 2. The maximum absolute atomic E-state index is 11.8. The summed E-state index contributed by atoms with van der Waals surface area (Å²) in [5.74, 6) is 0.829. The molecular weight excluding hydrogens is 238 g/mol. The molecule has 2 rings (SSSR count). The van der Waals surface area contributed by atoms with E-state index in [1.807, 2.05) is 0 Å². The summed E-state index contributed by atoms with van der Waals surface area (Å²) < 4.78 is 0. The monoisotopic (exact) mass is 261 g/mol. The van der Waals surface area contributed by atoms with Crippen molar-refractivity contribution in [3.8, 4) is 0 Å². The van der Waals surface area contributed by atoms with Crippen molar-refractivity contribution < 1.29 is 4.79 Å². The molecule has 4 nitrogen and oxygen atoms in total. The third-order valence-electron chi connectivity index (χ3n) is 3.78. The Bertz CT molecular complexity index is 386. The smallest absolute Gasteiger partial charge is 0.252 e. The minimum Gasteiger partial charge on any atom is -0.351 e. The number of nitrogens with zero attached hydrogens (tertiary/aromatic N) is 1. The predicted octanol–water partition coefficient (Wildman–Crippen LogP) is 1.98. The standard InChI is InChI=1S/C15H23N3O/c1-12-4-6-14(7-5-12)17-9-10-18-15(19)13-3-2-8-16-11-13/h2-3,8,11-12,14,17H,4-7,9-10H2,1H3,(H,18,19). The van der Waals surface area contributed by atoms with Gasteiger partial charge < -0.3 is 10.6 Å². The summed E-state index contributed by atoms with van der Waals surface area (Å²) in [5, 5.41) is 6.42. The quantitative estimate of drug-likeness (QED) is 0.797. The molecule has 1 aliphatic carbocycles. The summed E-state index contributed by atoms with van der Waals surface area (Å²) in [5.41, 5.74) is 0.619. The number of hydrogen-bond acceptors (Lipinski definition) is 3. The van der Waals surface area contributed by atoms with Gasteiger partial charge in [-0.3, -0.25) is 9.78 Å². The zero-order valence-electron chi connectivity index (χ0n) is 11.6. The van der Waals surface area contributed by atoms with Gasteiger partial charge in [-0.25, -0.2) is 0 Å². The van der Waals surface area contributed by atoms with Crippen molar-refractivity contribution in [1.82, 2.24) is 15.6 Å². The van der Waals surface area contributed by atoms with E-state index in [4.69, 9.17) is 0 Å². The van der Waals surface area contributed by atoms with Crippen LogP contribution in [0.3, 0.4) is 0 Å². The molecule has 2 N–H and O–H groups in total. The van der Waals surface area contributed by atoms with Crippen LogP contribution in [-0.4, -0.2) is 30.0 Å². The van der Waals surface area contributed by atoms with E-state index in [-0.39, 0.29) is 5.91 Å². The van der Waals surface area contributed by atoms with Crippen LogP contribution >= 0.6 is 0 Å². The van der Waals surface area contributed by atoms with Crippen LogP contribution in [0.4, 0.5) is 0 Å². The van der Waals surface area contributed by atoms with E-state index in [0.29, 0.717) is 18.2 Å². The first-order valence-electron chi connectivity index (χ1n) is 7.17. The average molecular weight is 261 g/mol. The van der Waals surface area contributed by atoms with Crippen molar-refractivity contribution in [2.24, 2.45) is 5.92 Å². The normalized spacial score (nSPS) is 23.0. The average Bonchev–Trinajstić information content (AvgIpc) is 2.46. The third kappa shape index (κ3) is 4.63. The van der Waals surface area contributed by atoms with E-state index >= 15 is 0 Å². The van der Waals surface area contributed by atoms with E-state index < -0.39 is 0 Å². The molecule has 0 unspecified atom stereocenters. The highest BCUT2D eigenvalue weighted by Crippen LogP contribution is 2.23. The first-order valence-corrected chi connectivity index (χ1v) is 7.17. The maximum Gasteiger partial charge on any atom is 0.252 e. The Morgan fingerprint density at radius 3 is 2.79 bits per heavy atom. The molecular formula is C15H23N3O. The summed E-state index contributed by atoms with van der Waals surface area (Å²) in [6.45, 7) is 3.83. The van der Waals surface area contributed by atoms with Crippen molar-refractivity contribution in [3.63, 3.8) is 0 Å². The van der Waals surface area contributed by atoms with E-state index in [2.05, 4.69) is 22.5 Å². The molecule has 0 spiro atoms. The van der Waals surface area contributed by atoms with E-state index in [0.717, 1.165) is 12.5 Å². The maximum atomic E-state index is 11.8. The summed E-state index contributed by atoms with van der Waals surface area (Å²) in [4.78, 5) is 15.7. The molecule has 0 radical (unpaired) electrons. The van der Waals surface area contributed by atoms with Gasteiger partial charge in [-0.15, -0.1) is 0 Å². The lowest BCUT2D eigenvalue weighted by molar-refractivity contribution is 0.0953. The molecule has 1 aliphatic rings. The summed E-state index contributed by atoms with van der Waals surface area (Å²) in [7, 11) is 0. The van der Waals surface area contributed by atoms with Crippen LogP contribution in [0.15, 0.2) is 24.5 Å². The lowest BCUT2D eigenvalue weighted by Gasteiger charge is -2.27. The van der Waals surface area contributed by atoms with Crippen LogP contribution in [0.25, 0.3) is 0 Å². The molecule has 0 atom stereocenters. The molecule has 1 aromatic heterocycles. The highest BCUT2D eigenvalue weighted by molar-refractivity contribution is 5.93. The van der Waals surface area contributed by atoms with Gasteiger partial charge in [0.2, 0.25) is 0 Å². The molecule has 0 bridgehead atoms. The number of carbonyl (C=O) groups is 1. The highest BCUT2D eigenvalue weighted by atomic mass is 16.1. The molecule has 1 fully saturated rings. The molecule has 1 saturated carbocycles. The Morgan fingerprint density at radius 2 is 2.11 bits per heavy atom. The molecule has 0 saturated heterocycles.